The molecule has 148 valence electrons. The van der Waals surface area contributed by atoms with Gasteiger partial charge < -0.3 is 15.4 Å². The van der Waals surface area contributed by atoms with Gasteiger partial charge >= 0.3 is 0 Å². The number of fused-ring (bicyclic) bond motifs is 1. The van der Waals surface area contributed by atoms with Crippen molar-refractivity contribution in [3.05, 3.63) is 103 Å². The number of nitrogens with one attached hydrogen (secondary N) is 2. The fourth-order valence-corrected chi connectivity index (χ4v) is 3.15. The molecule has 2 N–H and O–H groups in total. The Bertz CT molecular complexity index is 1180. The Labute approximate surface area is 174 Å². The monoisotopic (exact) mass is 396 g/mol. The molecule has 4 aromatic carbocycles. The SMILES string of the molecule is O=C(COc1cccc(NC(=O)c2cccc3ccccc23)c1)Nc1ccccc1. The van der Waals surface area contributed by atoms with E-state index in [1.54, 1.807) is 42.5 Å². The molecule has 5 nitrogen and oxygen atoms in total. The molecular weight excluding hydrogens is 376 g/mol. The first kappa shape index (κ1) is 19.2. The summed E-state index contributed by atoms with van der Waals surface area (Å²) in [5, 5.41) is 7.56. The van der Waals surface area contributed by atoms with Crippen molar-refractivity contribution in [2.45, 2.75) is 0 Å². The van der Waals surface area contributed by atoms with Crippen LogP contribution < -0.4 is 15.4 Å². The van der Waals surface area contributed by atoms with Gasteiger partial charge in [0.25, 0.3) is 11.8 Å². The van der Waals surface area contributed by atoms with Crippen LogP contribution in [0, 0.1) is 0 Å². The Kier molecular flexibility index (Phi) is 5.71. The molecular formula is C25H20N2O3. The van der Waals surface area contributed by atoms with E-state index in [0.717, 1.165) is 10.8 Å². The number of amides is 2. The first-order valence-electron chi connectivity index (χ1n) is 9.56. The van der Waals surface area contributed by atoms with E-state index < -0.39 is 0 Å². The summed E-state index contributed by atoms with van der Waals surface area (Å²) in [6, 6.07) is 29.5. The highest BCUT2D eigenvalue weighted by molar-refractivity contribution is 6.12. The minimum absolute atomic E-state index is 0.129. The minimum atomic E-state index is -0.258. The van der Waals surface area contributed by atoms with Crippen LogP contribution in [0.3, 0.4) is 0 Å². The Morgan fingerprint density at radius 1 is 0.700 bits per heavy atom. The van der Waals surface area contributed by atoms with E-state index in [0.29, 0.717) is 22.7 Å². The highest BCUT2D eigenvalue weighted by atomic mass is 16.5. The molecule has 0 aliphatic heterocycles. The minimum Gasteiger partial charge on any atom is -0.484 e. The third-order valence-corrected chi connectivity index (χ3v) is 4.55. The Hall–Kier alpha value is -4.12. The van der Waals surface area contributed by atoms with Crippen molar-refractivity contribution in [2.24, 2.45) is 0 Å². The lowest BCUT2D eigenvalue weighted by atomic mass is 10.0. The van der Waals surface area contributed by atoms with Crippen LogP contribution in [-0.2, 0) is 4.79 Å². The van der Waals surface area contributed by atoms with Crippen LogP contribution in [0.15, 0.2) is 97.1 Å². The summed E-state index contributed by atoms with van der Waals surface area (Å²) in [6.45, 7) is -0.129. The third-order valence-electron chi connectivity index (χ3n) is 4.55. The summed E-state index contributed by atoms with van der Waals surface area (Å²) >= 11 is 0. The van der Waals surface area contributed by atoms with Gasteiger partial charge in [0.05, 0.1) is 0 Å². The molecule has 2 amide bonds. The van der Waals surface area contributed by atoms with Crippen molar-refractivity contribution in [3.63, 3.8) is 0 Å². The molecule has 0 unspecified atom stereocenters. The molecule has 0 saturated heterocycles. The van der Waals surface area contributed by atoms with Crippen molar-refractivity contribution in [1.29, 1.82) is 0 Å². The van der Waals surface area contributed by atoms with Crippen LogP contribution in [-0.4, -0.2) is 18.4 Å². The van der Waals surface area contributed by atoms with Crippen LogP contribution in [0.25, 0.3) is 10.8 Å². The first-order valence-corrected chi connectivity index (χ1v) is 9.56. The standard InChI is InChI=1S/C25H20N2O3/c28-24(26-19-10-2-1-3-11-19)17-30-21-13-7-12-20(16-21)27-25(29)23-15-6-9-18-8-4-5-14-22(18)23/h1-16H,17H2,(H,26,28)(H,27,29). The van der Waals surface area contributed by atoms with Gasteiger partial charge in [-0.05, 0) is 41.1 Å². The van der Waals surface area contributed by atoms with Crippen molar-refractivity contribution >= 4 is 34.0 Å². The fraction of sp³-hybridized carbons (Fsp3) is 0.0400. The molecule has 4 rings (SSSR count). The average Bonchev–Trinajstić information content (AvgIpc) is 2.78. The summed E-state index contributed by atoms with van der Waals surface area (Å²) < 4.78 is 5.57. The molecule has 0 spiro atoms. The van der Waals surface area contributed by atoms with Gasteiger partial charge in [-0.15, -0.1) is 0 Å². The number of anilines is 2. The van der Waals surface area contributed by atoms with Crippen LogP contribution >= 0.6 is 0 Å². The molecule has 0 bridgehead atoms. The summed E-state index contributed by atoms with van der Waals surface area (Å²) in [4.78, 5) is 24.8. The Morgan fingerprint density at radius 3 is 2.27 bits per heavy atom. The molecule has 0 aliphatic rings. The lowest BCUT2D eigenvalue weighted by molar-refractivity contribution is -0.118. The maximum atomic E-state index is 12.8. The average molecular weight is 396 g/mol. The fourth-order valence-electron chi connectivity index (χ4n) is 3.15. The number of hydrogen-bond donors (Lipinski definition) is 2. The second-order valence-corrected chi connectivity index (χ2v) is 6.71. The van der Waals surface area contributed by atoms with Gasteiger partial charge in [0.2, 0.25) is 0 Å². The zero-order valence-electron chi connectivity index (χ0n) is 16.2. The topological polar surface area (TPSA) is 67.4 Å². The second kappa shape index (κ2) is 8.92. The summed E-state index contributed by atoms with van der Waals surface area (Å²) in [5.74, 6) is 0.0334. The van der Waals surface area contributed by atoms with Crippen molar-refractivity contribution < 1.29 is 14.3 Å². The smallest absolute Gasteiger partial charge is 0.262 e. The van der Waals surface area contributed by atoms with Crippen molar-refractivity contribution in [1.82, 2.24) is 0 Å². The predicted molar refractivity (Wildman–Crippen MR) is 119 cm³/mol. The lowest BCUT2D eigenvalue weighted by Gasteiger charge is -2.11. The van der Waals surface area contributed by atoms with E-state index in [2.05, 4.69) is 10.6 Å². The van der Waals surface area contributed by atoms with Gasteiger partial charge in [-0.1, -0.05) is 60.7 Å². The zero-order chi connectivity index (χ0) is 20.8. The number of carbonyl (C=O) groups is 2. The van der Waals surface area contributed by atoms with E-state index >= 15 is 0 Å². The van der Waals surface area contributed by atoms with Gasteiger partial charge in [-0.25, -0.2) is 0 Å². The summed E-state index contributed by atoms with van der Waals surface area (Å²) in [6.07, 6.45) is 0. The number of ether oxygens (including phenoxy) is 1. The van der Waals surface area contributed by atoms with Gasteiger partial charge in [-0.2, -0.15) is 0 Å². The van der Waals surface area contributed by atoms with E-state index in [1.165, 1.54) is 0 Å². The number of benzene rings is 4. The quantitative estimate of drug-likeness (QED) is 0.476. The summed E-state index contributed by atoms with van der Waals surface area (Å²) in [5.41, 5.74) is 1.90. The van der Waals surface area contributed by atoms with E-state index in [4.69, 9.17) is 4.74 Å². The first-order chi connectivity index (χ1) is 14.7. The normalized spacial score (nSPS) is 10.4. The number of rotatable bonds is 6. The molecule has 0 saturated carbocycles. The second-order valence-electron chi connectivity index (χ2n) is 6.71. The molecule has 0 heterocycles. The largest absolute Gasteiger partial charge is 0.484 e. The highest BCUT2D eigenvalue weighted by Crippen LogP contribution is 2.22. The molecule has 0 aromatic heterocycles. The van der Waals surface area contributed by atoms with Crippen LogP contribution in [0.2, 0.25) is 0 Å². The molecule has 30 heavy (non-hydrogen) atoms. The van der Waals surface area contributed by atoms with Gasteiger partial charge in [0.1, 0.15) is 5.75 Å². The molecule has 0 atom stereocenters. The maximum absolute atomic E-state index is 12.8. The van der Waals surface area contributed by atoms with Crippen molar-refractivity contribution in [3.8, 4) is 5.75 Å². The number of carbonyl (C=O) groups excluding carboxylic acids is 2. The number of hydrogen-bond acceptors (Lipinski definition) is 3. The maximum Gasteiger partial charge on any atom is 0.262 e. The van der Waals surface area contributed by atoms with Crippen molar-refractivity contribution in [2.75, 3.05) is 17.2 Å². The molecule has 0 aliphatic carbocycles. The number of para-hydroxylation sites is 1. The van der Waals surface area contributed by atoms with E-state index in [9.17, 15) is 9.59 Å². The zero-order valence-corrected chi connectivity index (χ0v) is 16.2. The Balaban J connectivity index is 1.40. The summed E-state index contributed by atoms with van der Waals surface area (Å²) in [7, 11) is 0. The van der Waals surface area contributed by atoms with Gasteiger partial charge in [-0.3, -0.25) is 9.59 Å². The molecule has 0 radical (unpaired) electrons. The lowest BCUT2D eigenvalue weighted by Crippen LogP contribution is -2.20. The van der Waals surface area contributed by atoms with Crippen LogP contribution in [0.5, 0.6) is 5.75 Å². The van der Waals surface area contributed by atoms with Gasteiger partial charge in [0, 0.05) is 23.0 Å². The highest BCUT2D eigenvalue weighted by Gasteiger charge is 2.11. The Morgan fingerprint density at radius 2 is 1.40 bits per heavy atom. The molecule has 5 heteroatoms. The predicted octanol–water partition coefficient (Wildman–Crippen LogP) is 5.11. The van der Waals surface area contributed by atoms with E-state index in [1.807, 2.05) is 54.6 Å². The van der Waals surface area contributed by atoms with Crippen LogP contribution in [0.1, 0.15) is 10.4 Å². The third kappa shape index (κ3) is 4.64. The van der Waals surface area contributed by atoms with E-state index in [-0.39, 0.29) is 18.4 Å². The molecule has 4 aromatic rings. The van der Waals surface area contributed by atoms with Crippen LogP contribution in [0.4, 0.5) is 11.4 Å². The van der Waals surface area contributed by atoms with Gasteiger partial charge in [0.15, 0.2) is 6.61 Å². The molecule has 0 fully saturated rings.